The average Bonchev–Trinajstić information content (AvgIpc) is 2.98. The van der Waals surface area contributed by atoms with Crippen molar-refractivity contribution in [1.29, 1.82) is 0 Å². The molecule has 1 aromatic carbocycles. The van der Waals surface area contributed by atoms with E-state index in [2.05, 4.69) is 26.6 Å². The van der Waals surface area contributed by atoms with Gasteiger partial charge in [0.25, 0.3) is 0 Å². The number of hydrogen-bond acceptors (Lipinski definition) is 7. The van der Waals surface area contributed by atoms with Crippen molar-refractivity contribution in [3.05, 3.63) is 35.9 Å². The molecule has 6 N–H and O–H groups in total. The monoisotopic (exact) mass is 645 g/mol. The van der Waals surface area contributed by atoms with E-state index in [4.69, 9.17) is 4.74 Å². The van der Waals surface area contributed by atoms with Gasteiger partial charge in [-0.25, -0.2) is 4.79 Å². The Morgan fingerprint density at radius 2 is 1.57 bits per heavy atom. The summed E-state index contributed by atoms with van der Waals surface area (Å²) < 4.78 is 5.30. The van der Waals surface area contributed by atoms with Crippen molar-refractivity contribution in [2.75, 3.05) is 0 Å². The molecule has 6 atom stereocenters. The van der Waals surface area contributed by atoms with E-state index in [1.165, 1.54) is 6.92 Å². The largest absolute Gasteiger partial charge is 0.444 e. The van der Waals surface area contributed by atoms with Crippen LogP contribution >= 0.6 is 0 Å². The van der Waals surface area contributed by atoms with Gasteiger partial charge < -0.3 is 36.4 Å². The normalized spacial score (nSPS) is 22.0. The highest BCUT2D eigenvalue weighted by Crippen LogP contribution is 2.18. The first-order valence-corrected chi connectivity index (χ1v) is 16.5. The summed E-state index contributed by atoms with van der Waals surface area (Å²) in [4.78, 5) is 64.6. The Balaban J connectivity index is 2.00. The van der Waals surface area contributed by atoms with E-state index in [1.54, 1.807) is 27.7 Å². The highest BCUT2D eigenvalue weighted by atomic mass is 16.6. The van der Waals surface area contributed by atoms with Crippen LogP contribution in [0.25, 0.3) is 0 Å². The molecule has 1 fully saturated rings. The maximum Gasteiger partial charge on any atom is 0.408 e. The summed E-state index contributed by atoms with van der Waals surface area (Å²) in [6.07, 6.45) is 2.15. The fourth-order valence-corrected chi connectivity index (χ4v) is 5.19. The highest BCUT2D eigenvalue weighted by Gasteiger charge is 2.32. The van der Waals surface area contributed by atoms with Crippen molar-refractivity contribution in [3.63, 3.8) is 0 Å². The van der Waals surface area contributed by atoms with Gasteiger partial charge in [0.2, 0.25) is 23.6 Å². The average molecular weight is 646 g/mol. The minimum absolute atomic E-state index is 0.0653. The minimum atomic E-state index is -1.04. The van der Waals surface area contributed by atoms with Gasteiger partial charge in [0.05, 0.1) is 12.1 Å². The number of aliphatic hydroxyl groups is 1. The number of aliphatic hydroxyl groups excluding tert-OH is 1. The molecule has 12 heteroatoms. The predicted molar refractivity (Wildman–Crippen MR) is 175 cm³/mol. The van der Waals surface area contributed by atoms with Crippen molar-refractivity contribution in [2.45, 2.75) is 136 Å². The SMILES string of the molecule is CC(C)[C@H](NC(=O)[C@H](C)C[C@H](O)[C@@H]1CCCCCC[C@H](NC(=O)OC(C)(C)C)C(=O)N[C@@H](C)C(=O)N1)C(=O)NCc1ccccc1. The lowest BCUT2D eigenvalue weighted by Crippen LogP contribution is -2.55. The van der Waals surface area contributed by atoms with E-state index >= 15 is 0 Å². The van der Waals surface area contributed by atoms with Crippen LogP contribution in [0.4, 0.5) is 4.79 Å². The van der Waals surface area contributed by atoms with Crippen molar-refractivity contribution < 1.29 is 33.8 Å². The summed E-state index contributed by atoms with van der Waals surface area (Å²) in [6.45, 7) is 12.5. The standard InChI is InChI=1S/C34H55N5O7/c1-21(2)28(32(44)35-20-24-15-11-10-12-16-24)39-29(41)22(3)19-27(40)25-17-13-8-9-14-18-26(38-33(45)46-34(5,6)7)31(43)36-23(4)30(42)37-25/h10-12,15-16,21-23,25-28,40H,8-9,13-14,17-20H2,1-7H3,(H,35,44)(H,36,43)(H,37,42)(H,38,45)(H,39,41)/t22-,23+,25+,26+,27+,28+/m1/s1. The number of ether oxygens (including phenoxy) is 1. The molecule has 1 aliphatic heterocycles. The van der Waals surface area contributed by atoms with E-state index in [0.717, 1.165) is 18.4 Å². The van der Waals surface area contributed by atoms with Gasteiger partial charge in [0, 0.05) is 12.5 Å². The molecular formula is C34H55N5O7. The fourth-order valence-electron chi connectivity index (χ4n) is 5.19. The Morgan fingerprint density at radius 1 is 0.935 bits per heavy atom. The van der Waals surface area contributed by atoms with E-state index in [1.807, 2.05) is 44.2 Å². The van der Waals surface area contributed by atoms with Crippen LogP contribution in [0.15, 0.2) is 30.3 Å². The summed E-state index contributed by atoms with van der Waals surface area (Å²) in [5.74, 6) is -2.45. The summed E-state index contributed by atoms with van der Waals surface area (Å²) in [6, 6.07) is 6.30. The van der Waals surface area contributed by atoms with Gasteiger partial charge >= 0.3 is 6.09 Å². The smallest absolute Gasteiger partial charge is 0.408 e. The predicted octanol–water partition coefficient (Wildman–Crippen LogP) is 3.07. The van der Waals surface area contributed by atoms with Crippen LogP contribution in [0.5, 0.6) is 0 Å². The number of carbonyl (C=O) groups is 5. The number of amides is 5. The van der Waals surface area contributed by atoms with Crippen LogP contribution in [0.2, 0.25) is 0 Å². The van der Waals surface area contributed by atoms with Crippen LogP contribution in [0.1, 0.15) is 99.0 Å². The number of rotatable bonds is 10. The van der Waals surface area contributed by atoms with Crippen LogP contribution in [-0.4, -0.2) is 70.7 Å². The first kappa shape index (κ1) is 38.5. The number of carbonyl (C=O) groups excluding carboxylic acids is 5. The summed E-state index contributed by atoms with van der Waals surface area (Å²) in [5.41, 5.74) is 0.222. The van der Waals surface area contributed by atoms with E-state index in [0.29, 0.717) is 32.2 Å². The quantitative estimate of drug-likeness (QED) is 0.227. The molecule has 1 heterocycles. The number of alkyl carbamates (subject to hydrolysis) is 1. The maximum absolute atomic E-state index is 13.2. The van der Waals surface area contributed by atoms with Crippen LogP contribution in [0, 0.1) is 11.8 Å². The summed E-state index contributed by atoms with van der Waals surface area (Å²) >= 11 is 0. The van der Waals surface area contributed by atoms with Crippen LogP contribution < -0.4 is 26.6 Å². The molecule has 0 bridgehead atoms. The second kappa shape index (κ2) is 18.5. The number of hydrogen-bond donors (Lipinski definition) is 6. The zero-order valence-corrected chi connectivity index (χ0v) is 28.5. The molecule has 1 aromatic rings. The van der Waals surface area contributed by atoms with Gasteiger partial charge in [-0.2, -0.15) is 0 Å². The second-order valence-electron chi connectivity index (χ2n) is 13.7. The maximum atomic E-state index is 13.2. The van der Waals surface area contributed by atoms with E-state index in [9.17, 15) is 29.1 Å². The Bertz CT molecular complexity index is 1150. The molecule has 0 aliphatic carbocycles. The molecular weight excluding hydrogens is 590 g/mol. The van der Waals surface area contributed by atoms with Gasteiger partial charge in [-0.05, 0) is 58.4 Å². The minimum Gasteiger partial charge on any atom is -0.444 e. The van der Waals surface area contributed by atoms with Crippen molar-refractivity contribution in [3.8, 4) is 0 Å². The van der Waals surface area contributed by atoms with E-state index in [-0.39, 0.29) is 24.2 Å². The lowest BCUT2D eigenvalue weighted by Gasteiger charge is -2.29. The molecule has 258 valence electrons. The first-order chi connectivity index (χ1) is 21.6. The third-order valence-electron chi connectivity index (χ3n) is 7.91. The van der Waals surface area contributed by atoms with Gasteiger partial charge in [-0.3, -0.25) is 19.2 Å². The Labute approximate surface area is 273 Å². The molecule has 0 saturated carbocycles. The first-order valence-electron chi connectivity index (χ1n) is 16.5. The third kappa shape index (κ3) is 13.8. The van der Waals surface area contributed by atoms with Crippen molar-refractivity contribution >= 4 is 29.7 Å². The highest BCUT2D eigenvalue weighted by molar-refractivity contribution is 5.91. The topological polar surface area (TPSA) is 175 Å². The van der Waals surface area contributed by atoms with Crippen LogP contribution in [0.3, 0.4) is 0 Å². The lowest BCUT2D eigenvalue weighted by molar-refractivity contribution is -0.132. The van der Waals surface area contributed by atoms with Gasteiger partial charge in [-0.15, -0.1) is 0 Å². The molecule has 12 nitrogen and oxygen atoms in total. The Kier molecular flexibility index (Phi) is 15.5. The van der Waals surface area contributed by atoms with E-state index < -0.39 is 59.7 Å². The van der Waals surface area contributed by atoms with Gasteiger partial charge in [-0.1, -0.05) is 76.8 Å². The molecule has 0 radical (unpaired) electrons. The molecule has 2 rings (SSSR count). The summed E-state index contributed by atoms with van der Waals surface area (Å²) in [5, 5.41) is 25.0. The summed E-state index contributed by atoms with van der Waals surface area (Å²) in [7, 11) is 0. The number of nitrogens with one attached hydrogen (secondary N) is 5. The zero-order valence-electron chi connectivity index (χ0n) is 28.5. The molecule has 1 saturated heterocycles. The Hall–Kier alpha value is -3.67. The van der Waals surface area contributed by atoms with Gasteiger partial charge in [0.1, 0.15) is 23.7 Å². The lowest BCUT2D eigenvalue weighted by atomic mass is 9.93. The molecule has 0 spiro atoms. The second-order valence-corrected chi connectivity index (χ2v) is 13.7. The van der Waals surface area contributed by atoms with Gasteiger partial charge in [0.15, 0.2) is 0 Å². The van der Waals surface area contributed by atoms with Crippen LogP contribution in [-0.2, 0) is 30.5 Å². The number of benzene rings is 1. The third-order valence-corrected chi connectivity index (χ3v) is 7.91. The molecule has 0 unspecified atom stereocenters. The molecule has 46 heavy (non-hydrogen) atoms. The fraction of sp³-hybridized carbons (Fsp3) is 0.676. The zero-order chi connectivity index (χ0) is 34.4. The van der Waals surface area contributed by atoms with Crippen molar-refractivity contribution in [2.24, 2.45) is 11.8 Å². The molecule has 0 aromatic heterocycles. The molecule has 1 aliphatic rings. The Morgan fingerprint density at radius 3 is 2.17 bits per heavy atom. The van der Waals surface area contributed by atoms with Crippen molar-refractivity contribution in [1.82, 2.24) is 26.6 Å². The molecule has 5 amide bonds.